The summed E-state index contributed by atoms with van der Waals surface area (Å²) in [5.74, 6) is -0.0458. The van der Waals surface area contributed by atoms with Crippen LogP contribution in [0.1, 0.15) is 24.5 Å². The first kappa shape index (κ1) is 37.0. The van der Waals surface area contributed by atoms with Crippen molar-refractivity contribution in [3.05, 3.63) is 126 Å². The number of benzene rings is 4. The van der Waals surface area contributed by atoms with Crippen LogP contribution in [0.4, 0.5) is 13.2 Å². The van der Waals surface area contributed by atoms with Gasteiger partial charge >= 0.3 is 0 Å². The van der Waals surface area contributed by atoms with Gasteiger partial charge in [-0.3, -0.25) is 4.98 Å². The minimum Gasteiger partial charge on any atom is -0.497 e. The highest BCUT2D eigenvalue weighted by Gasteiger charge is 2.27. The van der Waals surface area contributed by atoms with Gasteiger partial charge in [0.25, 0.3) is 0 Å². The molecule has 292 valence electrons. The molecule has 10 rings (SSSR count). The second-order valence-corrected chi connectivity index (χ2v) is 14.1. The molecular formula is C45H38F3N7O3. The largest absolute Gasteiger partial charge is 0.497 e. The number of fused-ring (bicyclic) bond motifs is 4. The molecule has 0 saturated carbocycles. The summed E-state index contributed by atoms with van der Waals surface area (Å²) in [4.78, 5) is 22.9. The fourth-order valence-corrected chi connectivity index (χ4v) is 7.74. The highest BCUT2D eigenvalue weighted by atomic mass is 19.2. The van der Waals surface area contributed by atoms with Crippen molar-refractivity contribution in [3.63, 3.8) is 0 Å². The smallest absolute Gasteiger partial charge is 0.232 e. The van der Waals surface area contributed by atoms with Gasteiger partial charge in [0, 0.05) is 72.9 Å². The van der Waals surface area contributed by atoms with E-state index < -0.39 is 17.5 Å². The van der Waals surface area contributed by atoms with Crippen molar-refractivity contribution in [3.8, 4) is 56.7 Å². The molecule has 2 aliphatic heterocycles. The zero-order valence-electron chi connectivity index (χ0n) is 31.9. The normalized spacial score (nSPS) is 13.1. The lowest BCUT2D eigenvalue weighted by molar-refractivity contribution is 0.143. The fraction of sp³-hybridized carbons (Fsp3) is 0.222. The third-order valence-electron chi connectivity index (χ3n) is 10.5. The van der Waals surface area contributed by atoms with Crippen molar-refractivity contribution in [2.24, 2.45) is 0 Å². The number of ether oxygens (including phenoxy) is 3. The van der Waals surface area contributed by atoms with Gasteiger partial charge in [-0.1, -0.05) is 18.2 Å². The molecule has 6 heterocycles. The number of methoxy groups -OCH3 is 2. The fourth-order valence-electron chi connectivity index (χ4n) is 7.74. The Morgan fingerprint density at radius 2 is 1.29 bits per heavy atom. The molecule has 4 aromatic carbocycles. The molecule has 0 bridgehead atoms. The highest BCUT2D eigenvalue weighted by Crippen LogP contribution is 2.39. The van der Waals surface area contributed by atoms with Crippen LogP contribution in [-0.2, 0) is 30.7 Å². The molecule has 2 aliphatic rings. The predicted octanol–water partition coefficient (Wildman–Crippen LogP) is 9.27. The third-order valence-corrected chi connectivity index (χ3v) is 10.5. The summed E-state index contributed by atoms with van der Waals surface area (Å²) < 4.78 is 62.3. The maximum atomic E-state index is 14.6. The summed E-state index contributed by atoms with van der Waals surface area (Å²) in [5.41, 5.74) is 8.38. The van der Waals surface area contributed by atoms with Crippen molar-refractivity contribution < 1.29 is 27.4 Å². The number of halogens is 3. The van der Waals surface area contributed by atoms with Gasteiger partial charge in [0.15, 0.2) is 11.6 Å². The van der Waals surface area contributed by atoms with Crippen LogP contribution >= 0.6 is 0 Å². The Labute approximate surface area is 331 Å². The van der Waals surface area contributed by atoms with Gasteiger partial charge in [0.1, 0.15) is 29.8 Å². The van der Waals surface area contributed by atoms with Crippen LogP contribution in [0.25, 0.3) is 67.0 Å². The number of imidazole rings is 2. The van der Waals surface area contributed by atoms with E-state index in [1.54, 1.807) is 20.3 Å². The molecule has 58 heavy (non-hydrogen) atoms. The zero-order valence-corrected chi connectivity index (χ0v) is 31.9. The molecule has 10 nitrogen and oxygen atoms in total. The molecule has 8 aromatic rings. The van der Waals surface area contributed by atoms with Crippen molar-refractivity contribution in [2.75, 3.05) is 27.4 Å². The van der Waals surface area contributed by atoms with E-state index in [-0.39, 0.29) is 11.3 Å². The maximum Gasteiger partial charge on any atom is 0.232 e. The number of pyridine rings is 1. The number of rotatable bonds is 9. The van der Waals surface area contributed by atoms with E-state index in [9.17, 15) is 13.2 Å². The molecule has 0 radical (unpaired) electrons. The number of nitrogens with zero attached hydrogens (tertiary/aromatic N) is 7. The monoisotopic (exact) mass is 781 g/mol. The molecule has 13 heteroatoms. The Morgan fingerprint density at radius 1 is 0.621 bits per heavy atom. The molecule has 0 spiro atoms. The Hall–Kier alpha value is -6.60. The Bertz CT molecular complexity index is 2800. The molecule has 4 aromatic heterocycles. The molecule has 0 aliphatic carbocycles. The van der Waals surface area contributed by atoms with Gasteiger partial charge in [-0.15, -0.1) is 0 Å². The molecule has 0 saturated heterocycles. The molecule has 0 unspecified atom stereocenters. The van der Waals surface area contributed by atoms with Gasteiger partial charge in [0.2, 0.25) is 5.88 Å². The summed E-state index contributed by atoms with van der Waals surface area (Å²) in [6.45, 7) is 2.49. The van der Waals surface area contributed by atoms with Crippen LogP contribution in [0.5, 0.6) is 11.6 Å². The van der Waals surface area contributed by atoms with Crippen molar-refractivity contribution >= 4 is 21.9 Å². The number of hydrogen-bond donors (Lipinski definition) is 0. The summed E-state index contributed by atoms with van der Waals surface area (Å²) in [5, 5.41) is 1.15. The quantitative estimate of drug-likeness (QED) is 0.106. The zero-order chi connectivity index (χ0) is 39.8. The summed E-state index contributed by atoms with van der Waals surface area (Å²) >= 11 is 0. The maximum absolute atomic E-state index is 14.6. The minimum absolute atomic E-state index is 0.0800. The SMILES string of the molecule is COCCOc1cnc2ccc(-c3c(-c4cc(F)c(F)cc4F)nc4n3CCC4)cc2n1.COc1ccc(-c2nc3n(c2-c2ccc4ncccc4c2)CCC3)cc1. The second kappa shape index (κ2) is 15.7. The first-order valence-corrected chi connectivity index (χ1v) is 19.1. The van der Waals surface area contributed by atoms with E-state index in [2.05, 4.69) is 60.9 Å². The molecule has 0 atom stereocenters. The lowest BCUT2D eigenvalue weighted by Crippen LogP contribution is -2.05. The second-order valence-electron chi connectivity index (χ2n) is 14.1. The highest BCUT2D eigenvalue weighted by molar-refractivity contribution is 5.88. The van der Waals surface area contributed by atoms with E-state index in [0.717, 1.165) is 77.6 Å². The van der Waals surface area contributed by atoms with Gasteiger partial charge < -0.3 is 23.3 Å². The standard InChI is InChI=1S/C23H19F3N4O2.C22H19N3O/c1-31-7-8-32-21-12-27-18-5-4-13(9-19(18)28-21)23-22(29-20-3-2-6-30(20)23)14-10-16(25)17(26)11-15(14)24;1-26-18-9-6-15(7-10-18)21-22(25-13-3-5-20(25)24-21)17-8-11-19-16(14-17)4-2-12-23-19/h4-5,9-12H,2-3,6-8H2,1H3;2,4,6-12,14H,3,5,13H2,1H3. The van der Waals surface area contributed by atoms with E-state index in [4.69, 9.17) is 19.2 Å². The average Bonchev–Trinajstić information content (AvgIpc) is 4.05. The number of hydrogen-bond acceptors (Lipinski definition) is 8. The van der Waals surface area contributed by atoms with Gasteiger partial charge in [-0.05, 0) is 73.5 Å². The van der Waals surface area contributed by atoms with Crippen LogP contribution in [-0.4, -0.2) is 61.5 Å². The van der Waals surface area contributed by atoms with Crippen LogP contribution in [0.15, 0.2) is 97.3 Å². The third kappa shape index (κ3) is 7.02. The van der Waals surface area contributed by atoms with E-state index in [1.807, 2.05) is 41.1 Å². The van der Waals surface area contributed by atoms with Crippen LogP contribution in [0.3, 0.4) is 0 Å². The van der Waals surface area contributed by atoms with E-state index >= 15 is 0 Å². The number of aromatic nitrogens is 7. The first-order chi connectivity index (χ1) is 28.4. The number of aryl methyl sites for hydroxylation is 2. The van der Waals surface area contributed by atoms with E-state index in [1.165, 1.54) is 23.3 Å². The summed E-state index contributed by atoms with van der Waals surface area (Å²) in [6, 6.07) is 25.6. The lowest BCUT2D eigenvalue weighted by Gasteiger charge is -2.11. The van der Waals surface area contributed by atoms with Gasteiger partial charge in [-0.25, -0.2) is 33.1 Å². The Morgan fingerprint density at radius 3 is 2.03 bits per heavy atom. The van der Waals surface area contributed by atoms with Crippen LogP contribution in [0, 0.1) is 17.5 Å². The van der Waals surface area contributed by atoms with Gasteiger partial charge in [0.05, 0.1) is 59.2 Å². The van der Waals surface area contributed by atoms with Crippen molar-refractivity contribution in [2.45, 2.75) is 38.8 Å². The topological polar surface area (TPSA) is 102 Å². The Balaban J connectivity index is 0.000000153. The van der Waals surface area contributed by atoms with Crippen molar-refractivity contribution in [1.29, 1.82) is 0 Å². The lowest BCUT2D eigenvalue weighted by atomic mass is 10.0. The van der Waals surface area contributed by atoms with Crippen molar-refractivity contribution in [1.82, 2.24) is 34.1 Å². The van der Waals surface area contributed by atoms with Gasteiger partial charge in [-0.2, -0.15) is 0 Å². The summed E-state index contributed by atoms with van der Waals surface area (Å²) in [6.07, 6.45) is 7.20. The molecule has 0 fully saturated rings. The first-order valence-electron chi connectivity index (χ1n) is 19.1. The Kier molecular flexibility index (Phi) is 10.0. The predicted molar refractivity (Wildman–Crippen MR) is 215 cm³/mol. The summed E-state index contributed by atoms with van der Waals surface area (Å²) in [7, 11) is 3.27. The minimum atomic E-state index is -1.23. The van der Waals surface area contributed by atoms with Crippen LogP contribution < -0.4 is 9.47 Å². The average molecular weight is 782 g/mol. The molecule has 0 N–H and O–H groups in total. The van der Waals surface area contributed by atoms with E-state index in [0.29, 0.717) is 48.4 Å². The molecule has 0 amide bonds. The molecular weight excluding hydrogens is 744 g/mol. The van der Waals surface area contributed by atoms with Crippen LogP contribution in [0.2, 0.25) is 0 Å².